The Kier molecular flexibility index (Phi) is 7.37. The van der Waals surface area contributed by atoms with E-state index in [9.17, 15) is 13.8 Å². The first kappa shape index (κ1) is 22.7. The number of nitrogen functional groups attached to an aromatic ring is 1. The molecule has 0 spiro atoms. The topological polar surface area (TPSA) is 157 Å². The molecule has 2 heterocycles. The molecule has 0 aliphatic carbocycles. The fourth-order valence-corrected chi connectivity index (χ4v) is 3.29. The first-order valence-electron chi connectivity index (χ1n) is 9.42. The van der Waals surface area contributed by atoms with Gasteiger partial charge in [0.1, 0.15) is 6.04 Å². The summed E-state index contributed by atoms with van der Waals surface area (Å²) in [4.78, 5) is 32.0. The van der Waals surface area contributed by atoms with Gasteiger partial charge in [0.05, 0.1) is 10.6 Å². The van der Waals surface area contributed by atoms with Gasteiger partial charge >= 0.3 is 0 Å². The lowest BCUT2D eigenvalue weighted by Crippen LogP contribution is -2.40. The average molecular weight is 452 g/mol. The molecule has 0 fully saturated rings. The number of hydrogen-bond acceptors (Lipinski definition) is 8. The molecule has 10 nitrogen and oxygen atoms in total. The van der Waals surface area contributed by atoms with E-state index in [4.69, 9.17) is 11.5 Å². The van der Waals surface area contributed by atoms with E-state index < -0.39 is 28.8 Å². The Morgan fingerprint density at radius 1 is 1.03 bits per heavy atom. The Labute approximate surface area is 186 Å². The van der Waals surface area contributed by atoms with E-state index >= 15 is 0 Å². The minimum atomic E-state index is -1.37. The van der Waals surface area contributed by atoms with Crippen LogP contribution >= 0.6 is 0 Å². The second-order valence-corrected chi connectivity index (χ2v) is 7.77. The van der Waals surface area contributed by atoms with Gasteiger partial charge in [-0.25, -0.2) is 14.2 Å². The average Bonchev–Trinajstić information content (AvgIpc) is 3.08. The van der Waals surface area contributed by atoms with Crippen molar-refractivity contribution in [2.75, 3.05) is 10.5 Å². The van der Waals surface area contributed by atoms with E-state index in [2.05, 4.69) is 19.8 Å². The summed E-state index contributed by atoms with van der Waals surface area (Å²) < 4.78 is 14.5. The number of aromatic nitrogens is 2. The molecule has 1 aliphatic heterocycles. The molecule has 0 saturated carbocycles. The van der Waals surface area contributed by atoms with Crippen molar-refractivity contribution in [1.29, 1.82) is 0 Å². The van der Waals surface area contributed by atoms with E-state index in [1.165, 1.54) is 0 Å². The number of hydrogen-bond donors (Lipinski definition) is 3. The van der Waals surface area contributed by atoms with Crippen LogP contribution < -0.4 is 16.2 Å². The summed E-state index contributed by atoms with van der Waals surface area (Å²) in [5, 5.41) is 4.68. The lowest BCUT2D eigenvalue weighted by atomic mass is 10.2. The first-order valence-corrected chi connectivity index (χ1v) is 10.6. The quantitative estimate of drug-likeness (QED) is 0.401. The van der Waals surface area contributed by atoms with Gasteiger partial charge in [-0.1, -0.05) is 18.2 Å². The number of nitrogens with zero attached hydrogens (tertiary/aromatic N) is 4. The minimum absolute atomic E-state index is 0.331. The van der Waals surface area contributed by atoms with Gasteiger partial charge in [-0.05, 0) is 49.4 Å². The van der Waals surface area contributed by atoms with Crippen LogP contribution in [0.5, 0.6) is 0 Å². The summed E-state index contributed by atoms with van der Waals surface area (Å²) in [5.74, 6) is -0.595. The number of anilines is 2. The maximum absolute atomic E-state index is 11.9. The van der Waals surface area contributed by atoms with Crippen molar-refractivity contribution < 1.29 is 13.8 Å². The maximum Gasteiger partial charge on any atom is 0.281 e. The van der Waals surface area contributed by atoms with Crippen LogP contribution in [0, 0.1) is 0 Å². The van der Waals surface area contributed by atoms with Crippen LogP contribution in [-0.2, 0) is 15.8 Å². The van der Waals surface area contributed by atoms with Crippen molar-refractivity contribution in [3.63, 3.8) is 0 Å². The van der Waals surface area contributed by atoms with Crippen LogP contribution in [-0.4, -0.2) is 42.8 Å². The molecular weight excluding hydrogens is 430 g/mol. The molecule has 2 aromatic carbocycles. The molecule has 11 heteroatoms. The van der Waals surface area contributed by atoms with E-state index in [1.807, 2.05) is 0 Å². The zero-order valence-electron chi connectivity index (χ0n) is 17.1. The van der Waals surface area contributed by atoms with Crippen LogP contribution in [0.3, 0.4) is 0 Å². The highest BCUT2D eigenvalue weighted by atomic mass is 32.2. The van der Waals surface area contributed by atoms with Gasteiger partial charge in [-0.3, -0.25) is 14.3 Å². The van der Waals surface area contributed by atoms with Gasteiger partial charge in [0.25, 0.3) is 11.8 Å². The molecule has 4 rings (SSSR count). The van der Waals surface area contributed by atoms with Crippen molar-refractivity contribution in [3.8, 4) is 0 Å². The standard InChI is InChI=1S/C11H11N3O2.C10H10N4OS/c1-7-9(12)11(16)14(13-7)10(15)8-5-3-2-4-6-8;11-8-2-4-9(5-3-8)16(15)14-10-12-6-1-7-13-10/h2-6,9H,12H2,1H3;1-7H,11H2,(H,12,13,14). The normalized spacial score (nSPS) is 15.9. The SMILES string of the molecule is CC1=NN(C(=O)c2ccccc2)C(=O)C1N.Nc1ccc(S(=O)Nc2ncccn2)cc1. The highest BCUT2D eigenvalue weighted by molar-refractivity contribution is 7.86. The summed E-state index contributed by atoms with van der Waals surface area (Å²) in [6.45, 7) is 1.63. The molecule has 3 aromatic rings. The van der Waals surface area contributed by atoms with Gasteiger partial charge in [0.2, 0.25) is 5.95 Å². The highest BCUT2D eigenvalue weighted by Crippen LogP contribution is 2.13. The molecular formula is C21H21N7O3S. The number of imide groups is 1. The summed E-state index contributed by atoms with van der Waals surface area (Å²) in [7, 11) is -1.37. The Morgan fingerprint density at radius 3 is 2.22 bits per heavy atom. The minimum Gasteiger partial charge on any atom is -0.399 e. The van der Waals surface area contributed by atoms with Crippen molar-refractivity contribution in [1.82, 2.24) is 15.0 Å². The Hall–Kier alpha value is -3.96. The molecule has 0 bridgehead atoms. The number of rotatable bonds is 4. The number of nitrogens with two attached hydrogens (primary N) is 2. The number of hydrazone groups is 1. The van der Waals surface area contributed by atoms with Crippen LogP contribution in [0.15, 0.2) is 83.1 Å². The summed E-state index contributed by atoms with van der Waals surface area (Å²) in [6.07, 6.45) is 3.16. The van der Waals surface area contributed by atoms with Crippen LogP contribution in [0.4, 0.5) is 11.6 Å². The Morgan fingerprint density at radius 2 is 1.66 bits per heavy atom. The molecule has 5 N–H and O–H groups in total. The monoisotopic (exact) mass is 451 g/mol. The number of carbonyl (C=O) groups is 2. The predicted molar refractivity (Wildman–Crippen MR) is 122 cm³/mol. The number of carbonyl (C=O) groups excluding carboxylic acids is 2. The van der Waals surface area contributed by atoms with Crippen molar-refractivity contribution in [2.45, 2.75) is 17.9 Å². The van der Waals surface area contributed by atoms with E-state index in [1.54, 1.807) is 80.0 Å². The third kappa shape index (κ3) is 5.59. The second kappa shape index (κ2) is 10.4. The van der Waals surface area contributed by atoms with Crippen LogP contribution in [0.2, 0.25) is 0 Å². The zero-order chi connectivity index (χ0) is 23.1. The lowest BCUT2D eigenvalue weighted by Gasteiger charge is -2.10. The zero-order valence-corrected chi connectivity index (χ0v) is 17.9. The largest absolute Gasteiger partial charge is 0.399 e. The molecule has 1 aromatic heterocycles. The third-order valence-electron chi connectivity index (χ3n) is 4.24. The van der Waals surface area contributed by atoms with Gasteiger partial charge in [-0.15, -0.1) is 0 Å². The van der Waals surface area contributed by atoms with Crippen molar-refractivity contribution >= 4 is 40.1 Å². The molecule has 32 heavy (non-hydrogen) atoms. The molecule has 164 valence electrons. The van der Waals surface area contributed by atoms with Gasteiger partial charge in [0, 0.05) is 23.6 Å². The molecule has 2 amide bonds. The van der Waals surface area contributed by atoms with E-state index in [0.29, 0.717) is 27.8 Å². The number of benzene rings is 2. The van der Waals surface area contributed by atoms with Gasteiger partial charge in [0.15, 0.2) is 11.0 Å². The van der Waals surface area contributed by atoms with Crippen LogP contribution in [0.1, 0.15) is 17.3 Å². The fourth-order valence-electron chi connectivity index (χ4n) is 2.51. The summed E-state index contributed by atoms with van der Waals surface area (Å²) in [6, 6.07) is 16.2. The van der Waals surface area contributed by atoms with E-state index in [-0.39, 0.29) is 0 Å². The second-order valence-electron chi connectivity index (χ2n) is 6.55. The van der Waals surface area contributed by atoms with E-state index in [0.717, 1.165) is 5.01 Å². The van der Waals surface area contributed by atoms with Crippen molar-refractivity contribution in [2.24, 2.45) is 10.8 Å². The third-order valence-corrected chi connectivity index (χ3v) is 5.31. The van der Waals surface area contributed by atoms with Gasteiger partial charge < -0.3 is 11.5 Å². The summed E-state index contributed by atoms with van der Waals surface area (Å²) >= 11 is 0. The number of nitrogens with one attached hydrogen (secondary N) is 1. The highest BCUT2D eigenvalue weighted by Gasteiger charge is 2.34. The fraction of sp³-hybridized carbons (Fsp3) is 0.0952. The first-order chi connectivity index (χ1) is 15.4. The van der Waals surface area contributed by atoms with Crippen LogP contribution in [0.25, 0.3) is 0 Å². The molecule has 2 unspecified atom stereocenters. The predicted octanol–water partition coefficient (Wildman–Crippen LogP) is 1.57. The molecule has 0 radical (unpaired) electrons. The molecule has 0 saturated heterocycles. The Balaban J connectivity index is 0.000000181. The number of amides is 2. The lowest BCUT2D eigenvalue weighted by molar-refractivity contribution is -0.127. The maximum atomic E-state index is 11.9. The van der Waals surface area contributed by atoms with Gasteiger partial charge in [-0.2, -0.15) is 10.1 Å². The van der Waals surface area contributed by atoms with Crippen molar-refractivity contribution in [3.05, 3.63) is 78.6 Å². The Bertz CT molecular complexity index is 1140. The molecule has 1 aliphatic rings. The molecule has 2 atom stereocenters. The summed E-state index contributed by atoms with van der Waals surface area (Å²) in [5.41, 5.74) is 12.6. The smallest absolute Gasteiger partial charge is 0.281 e.